The summed E-state index contributed by atoms with van der Waals surface area (Å²) >= 11 is 0. The molecule has 1 atom stereocenters. The smallest absolute Gasteiger partial charge is 0.246 e. The third-order valence-electron chi connectivity index (χ3n) is 6.05. The van der Waals surface area contributed by atoms with E-state index in [0.29, 0.717) is 43.3 Å². The number of carbonyl (C=O) groups excluding carboxylic acids is 2. The highest BCUT2D eigenvalue weighted by Crippen LogP contribution is 2.24. The van der Waals surface area contributed by atoms with Gasteiger partial charge in [0, 0.05) is 44.6 Å². The van der Waals surface area contributed by atoms with E-state index in [-0.39, 0.29) is 11.8 Å². The summed E-state index contributed by atoms with van der Waals surface area (Å²) in [6, 6.07) is 5.08. The maximum absolute atomic E-state index is 12.6. The average molecular weight is 558 g/mol. The first kappa shape index (κ1) is 30.8. The number of H-pyrrole nitrogens is 1. The number of carbonyl (C=O) groups is 2. The van der Waals surface area contributed by atoms with E-state index in [1.807, 2.05) is 37.2 Å². The summed E-state index contributed by atoms with van der Waals surface area (Å²) in [5.74, 6) is 6.87. The van der Waals surface area contributed by atoms with Crippen LogP contribution in [0, 0.1) is 11.8 Å². The second kappa shape index (κ2) is 15.8. The van der Waals surface area contributed by atoms with Crippen LogP contribution < -0.4 is 16.0 Å². The number of amides is 2. The monoisotopic (exact) mass is 557 g/mol. The first-order chi connectivity index (χ1) is 19.8. The third kappa shape index (κ3) is 9.19. The van der Waals surface area contributed by atoms with Crippen molar-refractivity contribution >= 4 is 40.2 Å². The maximum atomic E-state index is 12.6. The fourth-order valence-corrected chi connectivity index (χ4v) is 3.82. The molecule has 0 bridgehead atoms. The van der Waals surface area contributed by atoms with Crippen LogP contribution in [0.15, 0.2) is 55.4 Å². The highest BCUT2D eigenvalue weighted by atomic mass is 16.2. The molecule has 0 unspecified atom stereocenters. The molecule has 11 heteroatoms. The number of hydrogen-bond acceptors (Lipinski definition) is 8. The highest BCUT2D eigenvalue weighted by molar-refractivity contribution is 5.94. The Morgan fingerprint density at radius 3 is 2.78 bits per heavy atom. The number of nitrogens with zero attached hydrogens (tertiary/aromatic N) is 5. The van der Waals surface area contributed by atoms with E-state index in [0.717, 1.165) is 29.6 Å². The number of benzene rings is 1. The van der Waals surface area contributed by atoms with Crippen LogP contribution in [0.4, 0.5) is 17.5 Å². The van der Waals surface area contributed by atoms with Gasteiger partial charge in [-0.1, -0.05) is 37.0 Å². The Balaban J connectivity index is 1.54. The minimum atomic E-state index is -0.755. The molecule has 3 aromatic rings. The molecule has 2 aromatic heterocycles. The predicted octanol–water partition coefficient (Wildman–Crippen LogP) is 3.30. The Hall–Kier alpha value is -4.69. The molecule has 216 valence electrons. The number of aromatic nitrogens is 4. The lowest BCUT2D eigenvalue weighted by Crippen LogP contribution is -2.46. The van der Waals surface area contributed by atoms with E-state index in [1.54, 1.807) is 25.5 Å². The number of aromatic amines is 1. The summed E-state index contributed by atoms with van der Waals surface area (Å²) in [6.07, 6.45) is 10.3. The van der Waals surface area contributed by atoms with Gasteiger partial charge in [0.05, 0.1) is 29.2 Å². The van der Waals surface area contributed by atoms with Crippen molar-refractivity contribution in [2.75, 3.05) is 51.4 Å². The molecule has 0 spiro atoms. The topological polar surface area (TPSA) is 131 Å². The van der Waals surface area contributed by atoms with E-state index in [4.69, 9.17) is 0 Å². The zero-order valence-corrected chi connectivity index (χ0v) is 24.2. The molecular weight excluding hydrogens is 518 g/mol. The molecule has 41 heavy (non-hydrogen) atoms. The van der Waals surface area contributed by atoms with Crippen LogP contribution >= 0.6 is 0 Å². The van der Waals surface area contributed by atoms with Gasteiger partial charge in [-0.25, -0.2) is 4.98 Å². The number of nitrogens with one attached hydrogen (secondary N) is 4. The summed E-state index contributed by atoms with van der Waals surface area (Å²) in [7, 11) is 5.42. The minimum absolute atomic E-state index is 0.257. The van der Waals surface area contributed by atoms with Crippen LogP contribution in [0.2, 0.25) is 0 Å². The first-order valence-corrected chi connectivity index (χ1v) is 13.6. The molecule has 0 fully saturated rings. The number of anilines is 3. The summed E-state index contributed by atoms with van der Waals surface area (Å²) in [5.41, 5.74) is 2.48. The van der Waals surface area contributed by atoms with Gasteiger partial charge in [0.25, 0.3) is 0 Å². The Labute approximate surface area is 241 Å². The number of fused-ring (bicyclic) bond motifs is 1. The minimum Gasteiger partial charge on any atom is -0.369 e. The lowest BCUT2D eigenvalue weighted by Gasteiger charge is -2.23. The molecule has 2 heterocycles. The van der Waals surface area contributed by atoms with Crippen molar-refractivity contribution in [2.24, 2.45) is 0 Å². The fraction of sp³-hybridized carbons (Fsp3) is 0.367. The molecule has 0 aliphatic carbocycles. The van der Waals surface area contributed by atoms with Crippen LogP contribution in [0.5, 0.6) is 0 Å². The van der Waals surface area contributed by atoms with E-state index in [9.17, 15) is 9.59 Å². The zero-order valence-electron chi connectivity index (χ0n) is 24.2. The number of likely N-dealkylation sites (N-methyl/N-ethyl adjacent to an activating group) is 2. The van der Waals surface area contributed by atoms with Gasteiger partial charge in [0.2, 0.25) is 17.8 Å². The van der Waals surface area contributed by atoms with E-state index >= 15 is 0 Å². The summed E-state index contributed by atoms with van der Waals surface area (Å²) in [6.45, 7) is 7.62. The Morgan fingerprint density at radius 1 is 1.20 bits per heavy atom. The lowest BCUT2D eigenvalue weighted by molar-refractivity contribution is -0.133. The Bertz CT molecular complexity index is 1420. The maximum Gasteiger partial charge on any atom is 0.246 e. The second-order valence-corrected chi connectivity index (χ2v) is 9.64. The summed E-state index contributed by atoms with van der Waals surface area (Å²) in [4.78, 5) is 37.4. The Kier molecular flexibility index (Phi) is 11.9. The predicted molar refractivity (Wildman–Crippen MR) is 164 cm³/mol. The van der Waals surface area contributed by atoms with Gasteiger partial charge in [-0.05, 0) is 39.1 Å². The SMILES string of the molecule is C=C[C@@H](C(=O)NCCCC#Cc1cnc(Nc2cccc3[nH]ncc23)nc1NCCC)N(C)C(=O)/C=C/CN(C)C. The van der Waals surface area contributed by atoms with Crippen molar-refractivity contribution in [3.63, 3.8) is 0 Å². The van der Waals surface area contributed by atoms with E-state index in [2.05, 4.69) is 61.5 Å². The largest absolute Gasteiger partial charge is 0.369 e. The molecule has 1 aromatic carbocycles. The van der Waals surface area contributed by atoms with E-state index < -0.39 is 6.04 Å². The van der Waals surface area contributed by atoms with Gasteiger partial charge in [-0.3, -0.25) is 14.7 Å². The van der Waals surface area contributed by atoms with Crippen molar-refractivity contribution in [3.05, 3.63) is 61.0 Å². The third-order valence-corrected chi connectivity index (χ3v) is 6.05. The average Bonchev–Trinajstić information content (AvgIpc) is 3.44. The van der Waals surface area contributed by atoms with Crippen LogP contribution in [0.1, 0.15) is 31.7 Å². The van der Waals surface area contributed by atoms with Gasteiger partial charge >= 0.3 is 0 Å². The lowest BCUT2D eigenvalue weighted by atomic mass is 10.2. The Morgan fingerprint density at radius 2 is 2.02 bits per heavy atom. The standard InChI is InChI=1S/C30H39N9O2/c1-6-17-31-28-22(20-33-30(36-28)35-24-14-11-15-25-23(24)21-34-37-25)13-9-8-10-18-32-29(41)26(7-2)39(5)27(40)16-12-19-38(3)4/h7,11-12,14-16,20-21,26H,2,6,8,10,17-19H2,1,3-5H3,(H,32,41)(H,34,37)(H2,31,33,35,36)/b16-12+/t26-/m0/s1. The molecule has 0 radical (unpaired) electrons. The summed E-state index contributed by atoms with van der Waals surface area (Å²) < 4.78 is 0. The molecule has 2 amide bonds. The van der Waals surface area contributed by atoms with Crippen LogP contribution in [0.25, 0.3) is 10.9 Å². The molecule has 0 aliphatic heterocycles. The van der Waals surface area contributed by atoms with E-state index in [1.165, 1.54) is 17.1 Å². The second-order valence-electron chi connectivity index (χ2n) is 9.64. The highest BCUT2D eigenvalue weighted by Gasteiger charge is 2.22. The van der Waals surface area contributed by atoms with Crippen molar-refractivity contribution in [2.45, 2.75) is 32.2 Å². The zero-order chi connectivity index (χ0) is 29.6. The number of rotatable bonds is 14. The van der Waals surface area contributed by atoms with Crippen molar-refractivity contribution < 1.29 is 9.59 Å². The molecule has 11 nitrogen and oxygen atoms in total. The van der Waals surface area contributed by atoms with Crippen molar-refractivity contribution in [1.82, 2.24) is 35.3 Å². The quantitative estimate of drug-likeness (QED) is 0.103. The number of unbranched alkanes of at least 4 members (excludes halogenated alkanes) is 1. The molecule has 0 aliphatic rings. The van der Waals surface area contributed by atoms with Crippen molar-refractivity contribution in [3.8, 4) is 11.8 Å². The fourth-order valence-electron chi connectivity index (χ4n) is 3.82. The van der Waals surface area contributed by atoms with Gasteiger partial charge in [-0.2, -0.15) is 10.1 Å². The van der Waals surface area contributed by atoms with Crippen LogP contribution in [-0.2, 0) is 9.59 Å². The van der Waals surface area contributed by atoms with Gasteiger partial charge in [-0.15, -0.1) is 6.58 Å². The van der Waals surface area contributed by atoms with Gasteiger partial charge in [0.1, 0.15) is 11.9 Å². The van der Waals surface area contributed by atoms with Gasteiger partial charge in [0.15, 0.2) is 0 Å². The summed E-state index contributed by atoms with van der Waals surface area (Å²) in [5, 5.41) is 17.5. The van der Waals surface area contributed by atoms with Gasteiger partial charge < -0.3 is 25.8 Å². The molecule has 4 N–H and O–H groups in total. The molecule has 0 saturated carbocycles. The molecule has 3 rings (SSSR count). The van der Waals surface area contributed by atoms with Crippen LogP contribution in [0.3, 0.4) is 0 Å². The van der Waals surface area contributed by atoms with Crippen molar-refractivity contribution in [1.29, 1.82) is 0 Å². The number of hydrogen-bond donors (Lipinski definition) is 4. The first-order valence-electron chi connectivity index (χ1n) is 13.6. The molecular formula is C30H39N9O2. The normalized spacial score (nSPS) is 11.6. The van der Waals surface area contributed by atoms with Crippen LogP contribution in [-0.4, -0.2) is 88.6 Å². The molecule has 0 saturated heterocycles.